The van der Waals surface area contributed by atoms with Gasteiger partial charge in [-0.15, -0.1) is 0 Å². The van der Waals surface area contributed by atoms with Crippen LogP contribution in [-0.4, -0.2) is 87.5 Å². The van der Waals surface area contributed by atoms with E-state index in [9.17, 15) is 30.3 Å². The molecule has 1 aliphatic heterocycles. The number of hydrogen-bond donors (Lipinski definition) is 6. The van der Waals surface area contributed by atoms with E-state index >= 15 is 0 Å². The molecule has 1 heterocycles. The molecule has 9 heteroatoms. The molecule has 1 rings (SSSR count). The lowest BCUT2D eigenvalue weighted by atomic mass is 9.99. The maximum absolute atomic E-state index is 13.0. The normalized spacial score (nSPS) is 19.8. The standard InChI is InChI=1S/C59H111NO8/c1-3-5-7-9-11-13-15-16-17-18-19-20-21-22-23-24-25-26-27-28-29-30-31-32-33-34-35-36-37-38-39-41-43-45-47-49-55(63)60-52(51-67-59-58(66)57(65)56(64)54(50-61)68-59)53(62)48-46-44-42-40-14-12-10-8-6-4-2/h14,24-25,40,46,48,52-54,56-59,61-62,64-66H,3-13,15-23,26-39,41-45,47,49-51H2,1-2H3,(H,60,63)/b25-24-,40-14+,48-46+. The Morgan fingerprint density at radius 1 is 0.485 bits per heavy atom. The third-order valence-electron chi connectivity index (χ3n) is 13.9. The third-order valence-corrected chi connectivity index (χ3v) is 13.9. The Morgan fingerprint density at radius 3 is 1.25 bits per heavy atom. The van der Waals surface area contributed by atoms with Gasteiger partial charge in [0.05, 0.1) is 25.4 Å². The summed E-state index contributed by atoms with van der Waals surface area (Å²) in [5.41, 5.74) is 0. The summed E-state index contributed by atoms with van der Waals surface area (Å²) < 4.78 is 11.2. The average Bonchev–Trinajstić information content (AvgIpc) is 3.34. The van der Waals surface area contributed by atoms with Crippen molar-refractivity contribution in [1.29, 1.82) is 0 Å². The van der Waals surface area contributed by atoms with Crippen LogP contribution in [0.25, 0.3) is 0 Å². The highest BCUT2D eigenvalue weighted by molar-refractivity contribution is 5.76. The van der Waals surface area contributed by atoms with Crippen LogP contribution in [0.15, 0.2) is 36.5 Å². The number of carbonyl (C=O) groups is 1. The van der Waals surface area contributed by atoms with E-state index in [2.05, 4.69) is 43.5 Å². The number of rotatable bonds is 50. The molecule has 68 heavy (non-hydrogen) atoms. The predicted molar refractivity (Wildman–Crippen MR) is 286 cm³/mol. The van der Waals surface area contributed by atoms with Gasteiger partial charge in [-0.25, -0.2) is 0 Å². The zero-order chi connectivity index (χ0) is 49.4. The Hall–Kier alpha value is -1.59. The predicted octanol–water partition coefficient (Wildman–Crippen LogP) is 14.4. The van der Waals surface area contributed by atoms with Gasteiger partial charge in [-0.05, 0) is 57.8 Å². The highest BCUT2D eigenvalue weighted by atomic mass is 16.7. The fraction of sp³-hybridized carbons (Fsp3) is 0.881. The van der Waals surface area contributed by atoms with Gasteiger partial charge in [0.2, 0.25) is 5.91 Å². The number of amides is 1. The number of aliphatic hydroxyl groups is 5. The number of ether oxygens (including phenoxy) is 2. The Labute approximate surface area is 419 Å². The Morgan fingerprint density at radius 2 is 0.838 bits per heavy atom. The Kier molecular flexibility index (Phi) is 46.4. The van der Waals surface area contributed by atoms with Crippen molar-refractivity contribution < 1.29 is 39.8 Å². The molecule has 1 amide bonds. The second-order valence-electron chi connectivity index (χ2n) is 20.4. The zero-order valence-corrected chi connectivity index (χ0v) is 44.4. The first-order valence-electron chi connectivity index (χ1n) is 29.2. The minimum absolute atomic E-state index is 0.186. The summed E-state index contributed by atoms with van der Waals surface area (Å²) in [5.74, 6) is -0.186. The van der Waals surface area contributed by atoms with Crippen LogP contribution in [0.1, 0.15) is 277 Å². The molecule has 400 valence electrons. The topological polar surface area (TPSA) is 149 Å². The van der Waals surface area contributed by atoms with Crippen molar-refractivity contribution in [2.45, 2.75) is 320 Å². The van der Waals surface area contributed by atoms with Gasteiger partial charge in [-0.3, -0.25) is 4.79 Å². The molecule has 1 fully saturated rings. The highest BCUT2D eigenvalue weighted by Crippen LogP contribution is 2.23. The largest absolute Gasteiger partial charge is 0.394 e. The maximum atomic E-state index is 13.0. The number of allylic oxidation sites excluding steroid dienone is 5. The van der Waals surface area contributed by atoms with Crippen molar-refractivity contribution in [2.75, 3.05) is 13.2 Å². The highest BCUT2D eigenvalue weighted by Gasteiger charge is 2.44. The van der Waals surface area contributed by atoms with Gasteiger partial charge in [0.1, 0.15) is 24.4 Å². The number of carbonyl (C=O) groups excluding carboxylic acids is 1. The molecular weight excluding hydrogens is 851 g/mol. The quantitative estimate of drug-likeness (QED) is 0.0261. The van der Waals surface area contributed by atoms with Crippen LogP contribution >= 0.6 is 0 Å². The van der Waals surface area contributed by atoms with Crippen LogP contribution in [0.3, 0.4) is 0 Å². The molecular formula is C59H111NO8. The van der Waals surface area contributed by atoms with Gasteiger partial charge in [-0.1, -0.05) is 249 Å². The van der Waals surface area contributed by atoms with Crippen LogP contribution < -0.4 is 5.32 Å². The van der Waals surface area contributed by atoms with E-state index in [0.29, 0.717) is 6.42 Å². The average molecular weight is 963 g/mol. The molecule has 0 aromatic heterocycles. The van der Waals surface area contributed by atoms with Crippen LogP contribution in [0.2, 0.25) is 0 Å². The molecule has 1 aliphatic rings. The summed E-state index contributed by atoms with van der Waals surface area (Å²) in [4.78, 5) is 13.0. The van der Waals surface area contributed by atoms with Crippen molar-refractivity contribution in [3.8, 4) is 0 Å². The summed E-state index contributed by atoms with van der Waals surface area (Å²) >= 11 is 0. The van der Waals surface area contributed by atoms with Gasteiger partial charge in [0, 0.05) is 6.42 Å². The van der Waals surface area contributed by atoms with Crippen molar-refractivity contribution in [2.24, 2.45) is 0 Å². The second-order valence-corrected chi connectivity index (χ2v) is 20.4. The summed E-state index contributed by atoms with van der Waals surface area (Å²) in [7, 11) is 0. The molecule has 0 aromatic carbocycles. The second kappa shape index (κ2) is 49.0. The van der Waals surface area contributed by atoms with Crippen molar-refractivity contribution in [1.82, 2.24) is 5.32 Å². The molecule has 0 aromatic rings. The SMILES string of the molecule is CCCCCC/C=C/CC/C=C/C(O)C(COC1OC(CO)C(O)C(O)C1O)NC(=O)CCCCCCCCCCCCCCCCCCC/C=C\CCCCCCCCCCCCCCCC. The molecule has 6 N–H and O–H groups in total. The molecule has 0 saturated carbocycles. The Bertz CT molecular complexity index is 1160. The lowest BCUT2D eigenvalue weighted by Gasteiger charge is -2.40. The smallest absolute Gasteiger partial charge is 0.220 e. The first-order chi connectivity index (χ1) is 33.3. The molecule has 7 atom stereocenters. The molecule has 1 saturated heterocycles. The Balaban J connectivity index is 2.05. The van der Waals surface area contributed by atoms with Gasteiger partial charge in [-0.2, -0.15) is 0 Å². The molecule has 9 nitrogen and oxygen atoms in total. The van der Waals surface area contributed by atoms with Crippen LogP contribution in [0, 0.1) is 0 Å². The van der Waals surface area contributed by atoms with Crippen LogP contribution in [0.5, 0.6) is 0 Å². The fourth-order valence-electron chi connectivity index (χ4n) is 9.29. The molecule has 0 bridgehead atoms. The number of hydrogen-bond acceptors (Lipinski definition) is 8. The van der Waals surface area contributed by atoms with Crippen molar-refractivity contribution in [3.63, 3.8) is 0 Å². The third kappa shape index (κ3) is 38.1. The molecule has 7 unspecified atom stereocenters. The first-order valence-corrected chi connectivity index (χ1v) is 29.2. The first kappa shape index (κ1) is 64.4. The van der Waals surface area contributed by atoms with E-state index in [1.807, 2.05) is 6.08 Å². The van der Waals surface area contributed by atoms with E-state index < -0.39 is 49.5 Å². The van der Waals surface area contributed by atoms with Crippen molar-refractivity contribution in [3.05, 3.63) is 36.5 Å². The minimum Gasteiger partial charge on any atom is -0.394 e. The van der Waals surface area contributed by atoms with Crippen LogP contribution in [-0.2, 0) is 14.3 Å². The van der Waals surface area contributed by atoms with E-state index in [0.717, 1.165) is 38.5 Å². The maximum Gasteiger partial charge on any atom is 0.220 e. The molecule has 0 spiro atoms. The number of aliphatic hydroxyl groups excluding tert-OH is 5. The van der Waals surface area contributed by atoms with E-state index in [1.54, 1.807) is 6.08 Å². The number of nitrogens with one attached hydrogen (secondary N) is 1. The number of unbranched alkanes of at least 4 members (excludes halogenated alkanes) is 36. The molecule has 0 radical (unpaired) electrons. The lowest BCUT2D eigenvalue weighted by Crippen LogP contribution is -2.60. The van der Waals surface area contributed by atoms with Gasteiger partial charge in [0.15, 0.2) is 6.29 Å². The summed E-state index contributed by atoms with van der Waals surface area (Å²) in [6, 6.07) is -0.818. The summed E-state index contributed by atoms with van der Waals surface area (Å²) in [5, 5.41) is 54.2. The van der Waals surface area contributed by atoms with Gasteiger partial charge >= 0.3 is 0 Å². The van der Waals surface area contributed by atoms with E-state index in [1.165, 1.54) is 218 Å². The van der Waals surface area contributed by atoms with Crippen LogP contribution in [0.4, 0.5) is 0 Å². The van der Waals surface area contributed by atoms with E-state index in [4.69, 9.17) is 9.47 Å². The fourth-order valence-corrected chi connectivity index (χ4v) is 9.29. The van der Waals surface area contributed by atoms with Gasteiger partial charge < -0.3 is 40.3 Å². The minimum atomic E-state index is -1.57. The zero-order valence-electron chi connectivity index (χ0n) is 44.4. The lowest BCUT2D eigenvalue weighted by molar-refractivity contribution is -0.302. The molecule has 0 aliphatic carbocycles. The summed E-state index contributed by atoms with van der Waals surface area (Å²) in [6.07, 6.45) is 56.9. The van der Waals surface area contributed by atoms with E-state index in [-0.39, 0.29) is 12.5 Å². The summed E-state index contributed by atoms with van der Waals surface area (Å²) in [6.45, 7) is 3.74. The van der Waals surface area contributed by atoms with Gasteiger partial charge in [0.25, 0.3) is 0 Å². The monoisotopic (exact) mass is 962 g/mol. The van der Waals surface area contributed by atoms with Crippen molar-refractivity contribution >= 4 is 5.91 Å².